The topological polar surface area (TPSA) is 29.5 Å². The Morgan fingerprint density at radius 1 is 0.889 bits per heavy atom. The van der Waals surface area contributed by atoms with Crippen LogP contribution in [0.3, 0.4) is 0 Å². The van der Waals surface area contributed by atoms with E-state index in [0.29, 0.717) is 5.92 Å². The van der Waals surface area contributed by atoms with Crippen LogP contribution < -0.4 is 0 Å². The van der Waals surface area contributed by atoms with E-state index in [0.717, 1.165) is 18.9 Å². The highest BCUT2D eigenvalue weighted by molar-refractivity contribution is 4.93. The third-order valence-corrected chi connectivity index (χ3v) is 5.68. The van der Waals surface area contributed by atoms with Crippen molar-refractivity contribution in [3.63, 3.8) is 0 Å². The number of aliphatic hydroxyl groups excluding tert-OH is 1. The van der Waals surface area contributed by atoms with Crippen LogP contribution in [0.2, 0.25) is 0 Å². The fourth-order valence-corrected chi connectivity index (χ4v) is 4.67. The second-order valence-electron chi connectivity index (χ2n) is 6.86. The van der Waals surface area contributed by atoms with Crippen LogP contribution in [0.1, 0.15) is 70.6 Å². The molecule has 1 aliphatic heterocycles. The van der Waals surface area contributed by atoms with Gasteiger partial charge in [-0.1, -0.05) is 32.1 Å². The molecule has 104 valence electrons. The molecule has 1 spiro atoms. The normalized spacial score (nSPS) is 40.8. The lowest BCUT2D eigenvalue weighted by Crippen LogP contribution is -2.45. The quantitative estimate of drug-likeness (QED) is 0.771. The highest BCUT2D eigenvalue weighted by atomic mass is 16.5. The van der Waals surface area contributed by atoms with E-state index in [-0.39, 0.29) is 11.7 Å². The minimum atomic E-state index is -0.0255. The zero-order valence-electron chi connectivity index (χ0n) is 11.6. The average molecular weight is 252 g/mol. The van der Waals surface area contributed by atoms with E-state index in [1.165, 1.54) is 64.2 Å². The number of ether oxygens (including phenoxy) is 1. The van der Waals surface area contributed by atoms with E-state index in [1.807, 2.05) is 0 Å². The summed E-state index contributed by atoms with van der Waals surface area (Å²) < 4.78 is 6.18. The van der Waals surface area contributed by atoms with Gasteiger partial charge in [-0.05, 0) is 50.4 Å². The van der Waals surface area contributed by atoms with Crippen molar-refractivity contribution in [1.82, 2.24) is 0 Å². The molecule has 1 N–H and O–H groups in total. The van der Waals surface area contributed by atoms with Gasteiger partial charge < -0.3 is 9.84 Å². The predicted octanol–water partition coefficient (Wildman–Crippen LogP) is 3.67. The first-order valence-electron chi connectivity index (χ1n) is 8.11. The summed E-state index contributed by atoms with van der Waals surface area (Å²) in [7, 11) is 0. The second kappa shape index (κ2) is 5.50. The lowest BCUT2D eigenvalue weighted by Gasteiger charge is -2.47. The first-order valence-corrected chi connectivity index (χ1v) is 8.11. The Bertz CT molecular complexity index is 265. The van der Waals surface area contributed by atoms with Crippen LogP contribution in [0.4, 0.5) is 0 Å². The molecule has 0 bridgehead atoms. The highest BCUT2D eigenvalue weighted by Crippen LogP contribution is 2.45. The molecule has 2 heteroatoms. The molecule has 2 aliphatic carbocycles. The van der Waals surface area contributed by atoms with Gasteiger partial charge in [-0.2, -0.15) is 0 Å². The monoisotopic (exact) mass is 252 g/mol. The maximum absolute atomic E-state index is 10.3. The van der Waals surface area contributed by atoms with Gasteiger partial charge in [0.05, 0.1) is 11.7 Å². The Labute approximate surface area is 111 Å². The third-order valence-electron chi connectivity index (χ3n) is 5.68. The second-order valence-corrected chi connectivity index (χ2v) is 6.86. The summed E-state index contributed by atoms with van der Waals surface area (Å²) in [6.45, 7) is 0.938. The average Bonchev–Trinajstić information content (AvgIpc) is 2.40. The smallest absolute Gasteiger partial charge is 0.0685 e. The molecule has 1 saturated heterocycles. The Hall–Kier alpha value is -0.0800. The summed E-state index contributed by atoms with van der Waals surface area (Å²) in [5.41, 5.74) is 0.207. The predicted molar refractivity (Wildman–Crippen MR) is 72.5 cm³/mol. The fraction of sp³-hybridized carbons (Fsp3) is 1.00. The largest absolute Gasteiger partial charge is 0.393 e. The van der Waals surface area contributed by atoms with Crippen LogP contribution in [-0.4, -0.2) is 23.4 Å². The molecule has 0 aromatic heterocycles. The maximum atomic E-state index is 10.3. The Kier molecular flexibility index (Phi) is 3.95. The van der Waals surface area contributed by atoms with Gasteiger partial charge >= 0.3 is 0 Å². The Balaban J connectivity index is 1.65. The minimum Gasteiger partial charge on any atom is -0.393 e. The standard InChI is InChI=1S/C16H28O2/c17-15-7-3-2-6-14(15)13-8-11-18-16(12-13)9-4-1-5-10-16/h13-15,17H,1-12H2. The minimum absolute atomic E-state index is 0.0255. The van der Waals surface area contributed by atoms with E-state index in [4.69, 9.17) is 4.74 Å². The molecule has 2 saturated carbocycles. The van der Waals surface area contributed by atoms with Crippen molar-refractivity contribution in [2.24, 2.45) is 11.8 Å². The van der Waals surface area contributed by atoms with E-state index in [9.17, 15) is 5.11 Å². The summed E-state index contributed by atoms with van der Waals surface area (Å²) in [4.78, 5) is 0. The molecule has 3 fully saturated rings. The van der Waals surface area contributed by atoms with Crippen molar-refractivity contribution < 1.29 is 9.84 Å². The number of rotatable bonds is 1. The van der Waals surface area contributed by atoms with E-state index >= 15 is 0 Å². The van der Waals surface area contributed by atoms with E-state index in [2.05, 4.69) is 0 Å². The van der Waals surface area contributed by atoms with Crippen LogP contribution in [0.15, 0.2) is 0 Å². The molecule has 1 heterocycles. The highest BCUT2D eigenvalue weighted by Gasteiger charge is 2.42. The van der Waals surface area contributed by atoms with Crippen LogP contribution >= 0.6 is 0 Å². The summed E-state index contributed by atoms with van der Waals surface area (Å²) in [6.07, 6.45) is 13.9. The van der Waals surface area contributed by atoms with Gasteiger partial charge in [-0.15, -0.1) is 0 Å². The molecular weight excluding hydrogens is 224 g/mol. The van der Waals surface area contributed by atoms with Crippen molar-refractivity contribution >= 4 is 0 Å². The molecular formula is C16H28O2. The molecule has 18 heavy (non-hydrogen) atoms. The van der Waals surface area contributed by atoms with Crippen LogP contribution in [0, 0.1) is 11.8 Å². The molecule has 0 radical (unpaired) electrons. The SMILES string of the molecule is OC1CCCCC1C1CCOC2(CCCCC2)C1. The number of hydrogen-bond donors (Lipinski definition) is 1. The van der Waals surface area contributed by atoms with Crippen molar-refractivity contribution in [2.75, 3.05) is 6.61 Å². The van der Waals surface area contributed by atoms with Crippen LogP contribution in [-0.2, 0) is 4.74 Å². The van der Waals surface area contributed by atoms with Gasteiger partial charge in [0, 0.05) is 6.61 Å². The van der Waals surface area contributed by atoms with E-state index in [1.54, 1.807) is 0 Å². The number of aliphatic hydroxyl groups is 1. The van der Waals surface area contributed by atoms with Crippen LogP contribution in [0.25, 0.3) is 0 Å². The van der Waals surface area contributed by atoms with E-state index < -0.39 is 0 Å². The number of hydrogen-bond acceptors (Lipinski definition) is 2. The van der Waals surface area contributed by atoms with Gasteiger partial charge in [0.1, 0.15) is 0 Å². The van der Waals surface area contributed by atoms with Gasteiger partial charge in [0.2, 0.25) is 0 Å². The molecule has 0 aromatic rings. The first-order chi connectivity index (χ1) is 8.79. The summed E-state index contributed by atoms with van der Waals surface area (Å²) >= 11 is 0. The third kappa shape index (κ3) is 2.60. The molecule has 3 atom stereocenters. The summed E-state index contributed by atoms with van der Waals surface area (Å²) in [6, 6.07) is 0. The molecule has 3 unspecified atom stereocenters. The summed E-state index contributed by atoms with van der Waals surface area (Å²) in [5.74, 6) is 1.30. The van der Waals surface area contributed by atoms with Crippen molar-refractivity contribution in [1.29, 1.82) is 0 Å². The fourth-order valence-electron chi connectivity index (χ4n) is 4.67. The van der Waals surface area contributed by atoms with Gasteiger partial charge in [0.15, 0.2) is 0 Å². The van der Waals surface area contributed by atoms with Crippen LogP contribution in [0.5, 0.6) is 0 Å². The van der Waals surface area contributed by atoms with Crippen molar-refractivity contribution in [3.8, 4) is 0 Å². The molecule has 0 aromatic carbocycles. The Morgan fingerprint density at radius 3 is 2.44 bits per heavy atom. The summed E-state index contributed by atoms with van der Waals surface area (Å²) in [5, 5.41) is 10.3. The Morgan fingerprint density at radius 2 is 1.67 bits per heavy atom. The molecule has 2 nitrogen and oxygen atoms in total. The molecule has 0 amide bonds. The van der Waals surface area contributed by atoms with Gasteiger partial charge in [-0.25, -0.2) is 0 Å². The lowest BCUT2D eigenvalue weighted by molar-refractivity contribution is -0.135. The lowest BCUT2D eigenvalue weighted by atomic mass is 9.68. The van der Waals surface area contributed by atoms with Crippen molar-refractivity contribution in [3.05, 3.63) is 0 Å². The maximum Gasteiger partial charge on any atom is 0.0685 e. The van der Waals surface area contributed by atoms with Gasteiger partial charge in [-0.3, -0.25) is 0 Å². The van der Waals surface area contributed by atoms with Gasteiger partial charge in [0.25, 0.3) is 0 Å². The zero-order chi connectivity index (χ0) is 12.4. The molecule has 3 aliphatic rings. The van der Waals surface area contributed by atoms with Crippen molar-refractivity contribution in [2.45, 2.75) is 82.3 Å². The first kappa shape index (κ1) is 12.9. The zero-order valence-corrected chi connectivity index (χ0v) is 11.6. The molecule has 3 rings (SSSR count).